The molecule has 10 heteroatoms. The van der Waals surface area contributed by atoms with E-state index in [9.17, 15) is 18.0 Å². The van der Waals surface area contributed by atoms with Gasteiger partial charge in [-0.2, -0.15) is 13.2 Å². The molecule has 0 aliphatic carbocycles. The SMILES string of the molecule is CCOC(=O)N1c2ccc(C(F)(F)F)cc2[C@@H](Nc2ccnc(SC)n2)C[C@H]1CC. The van der Waals surface area contributed by atoms with Crippen molar-refractivity contribution < 1.29 is 22.7 Å². The Bertz CT molecular complexity index is 910. The van der Waals surface area contributed by atoms with Crippen molar-refractivity contribution >= 4 is 29.4 Å². The number of thioether (sulfide) groups is 1. The monoisotopic (exact) mass is 440 g/mol. The second-order valence-electron chi connectivity index (χ2n) is 6.76. The van der Waals surface area contributed by atoms with Crippen molar-refractivity contribution in [1.82, 2.24) is 9.97 Å². The average molecular weight is 440 g/mol. The lowest BCUT2D eigenvalue weighted by Crippen LogP contribution is -2.46. The minimum Gasteiger partial charge on any atom is -0.449 e. The highest BCUT2D eigenvalue weighted by molar-refractivity contribution is 7.98. The number of halogens is 3. The van der Waals surface area contributed by atoms with Gasteiger partial charge in [0.1, 0.15) is 5.82 Å². The summed E-state index contributed by atoms with van der Waals surface area (Å²) in [5.74, 6) is 0.516. The zero-order valence-corrected chi connectivity index (χ0v) is 17.7. The van der Waals surface area contributed by atoms with Gasteiger partial charge in [0, 0.05) is 12.2 Å². The Morgan fingerprint density at radius 2 is 2.10 bits per heavy atom. The van der Waals surface area contributed by atoms with E-state index in [1.807, 2.05) is 13.2 Å². The van der Waals surface area contributed by atoms with Gasteiger partial charge in [-0.25, -0.2) is 14.8 Å². The summed E-state index contributed by atoms with van der Waals surface area (Å²) in [6.07, 6.45) is -0.569. The predicted molar refractivity (Wildman–Crippen MR) is 110 cm³/mol. The van der Waals surface area contributed by atoms with E-state index in [2.05, 4.69) is 15.3 Å². The minimum absolute atomic E-state index is 0.182. The van der Waals surface area contributed by atoms with Gasteiger partial charge in [-0.05, 0) is 55.9 Å². The highest BCUT2D eigenvalue weighted by Crippen LogP contribution is 2.43. The molecule has 0 fully saturated rings. The fourth-order valence-corrected chi connectivity index (χ4v) is 3.91. The van der Waals surface area contributed by atoms with Crippen LogP contribution in [0, 0.1) is 0 Å². The van der Waals surface area contributed by atoms with Gasteiger partial charge in [0.2, 0.25) is 0 Å². The quantitative estimate of drug-likeness (QED) is 0.488. The molecule has 0 unspecified atom stereocenters. The van der Waals surface area contributed by atoms with E-state index >= 15 is 0 Å². The van der Waals surface area contributed by atoms with Crippen molar-refractivity contribution in [2.24, 2.45) is 0 Å². The first-order valence-electron chi connectivity index (χ1n) is 9.59. The third-order valence-electron chi connectivity index (χ3n) is 4.94. The Kier molecular flexibility index (Phi) is 6.74. The van der Waals surface area contributed by atoms with Gasteiger partial charge < -0.3 is 10.1 Å². The number of hydrogen-bond acceptors (Lipinski definition) is 6. The summed E-state index contributed by atoms with van der Waals surface area (Å²) < 4.78 is 45.3. The molecule has 162 valence electrons. The van der Waals surface area contributed by atoms with Crippen molar-refractivity contribution in [2.45, 2.75) is 50.1 Å². The highest BCUT2D eigenvalue weighted by Gasteiger charge is 2.39. The molecule has 30 heavy (non-hydrogen) atoms. The Balaban J connectivity index is 2.07. The van der Waals surface area contributed by atoms with Crippen LogP contribution < -0.4 is 10.2 Å². The molecule has 1 aromatic heterocycles. The maximum atomic E-state index is 13.4. The van der Waals surface area contributed by atoms with Crippen LogP contribution in [0.15, 0.2) is 35.6 Å². The zero-order chi connectivity index (χ0) is 21.9. The highest BCUT2D eigenvalue weighted by atomic mass is 32.2. The lowest BCUT2D eigenvalue weighted by atomic mass is 9.88. The molecule has 0 radical (unpaired) electrons. The van der Waals surface area contributed by atoms with E-state index in [-0.39, 0.29) is 12.6 Å². The third kappa shape index (κ3) is 4.63. The summed E-state index contributed by atoms with van der Waals surface area (Å²) in [5, 5.41) is 3.79. The first kappa shape index (κ1) is 22.2. The Morgan fingerprint density at radius 1 is 1.33 bits per heavy atom. The number of amides is 1. The Hall–Kier alpha value is -2.49. The molecule has 1 amide bonds. The van der Waals surface area contributed by atoms with Crippen LogP contribution in [-0.4, -0.2) is 35.0 Å². The summed E-state index contributed by atoms with van der Waals surface area (Å²) in [4.78, 5) is 22.6. The standard InChI is InChI=1S/C20H23F3N4O2S/c1-4-13-11-15(25-17-8-9-24-18(26-17)30-3)14-10-12(20(21,22)23)6-7-16(14)27(13)19(28)29-5-2/h6-10,13,15H,4-5,11H2,1-3H3,(H,24,25,26)/t13-,15+/m1/s1. The van der Waals surface area contributed by atoms with E-state index in [1.165, 1.54) is 22.7 Å². The second-order valence-corrected chi connectivity index (χ2v) is 7.54. The van der Waals surface area contributed by atoms with Gasteiger partial charge in [0.15, 0.2) is 5.16 Å². The summed E-state index contributed by atoms with van der Waals surface area (Å²) in [6, 6.07) is 4.43. The number of anilines is 2. The van der Waals surface area contributed by atoms with E-state index in [4.69, 9.17) is 4.74 Å². The number of carbonyl (C=O) groups is 1. The zero-order valence-electron chi connectivity index (χ0n) is 16.9. The van der Waals surface area contributed by atoms with Crippen LogP contribution in [0.4, 0.5) is 29.5 Å². The molecule has 6 nitrogen and oxygen atoms in total. The van der Waals surface area contributed by atoms with E-state index in [0.717, 1.165) is 12.1 Å². The van der Waals surface area contributed by atoms with Gasteiger partial charge in [-0.1, -0.05) is 18.7 Å². The van der Waals surface area contributed by atoms with Crippen molar-refractivity contribution in [3.8, 4) is 0 Å². The third-order valence-corrected chi connectivity index (χ3v) is 5.50. The van der Waals surface area contributed by atoms with E-state index < -0.39 is 23.9 Å². The van der Waals surface area contributed by atoms with E-state index in [1.54, 1.807) is 19.2 Å². The summed E-state index contributed by atoms with van der Waals surface area (Å²) in [7, 11) is 0. The predicted octanol–water partition coefficient (Wildman–Crippen LogP) is 5.52. The fraction of sp³-hybridized carbons (Fsp3) is 0.450. The van der Waals surface area contributed by atoms with Gasteiger partial charge >= 0.3 is 12.3 Å². The van der Waals surface area contributed by atoms with Crippen LogP contribution in [0.25, 0.3) is 0 Å². The molecule has 1 aliphatic rings. The number of nitrogens with zero attached hydrogens (tertiary/aromatic N) is 3. The van der Waals surface area contributed by atoms with Crippen LogP contribution in [0.2, 0.25) is 0 Å². The van der Waals surface area contributed by atoms with Crippen LogP contribution in [0.5, 0.6) is 0 Å². The summed E-state index contributed by atoms with van der Waals surface area (Å²) in [6.45, 7) is 3.81. The van der Waals surface area contributed by atoms with Crippen molar-refractivity contribution in [3.63, 3.8) is 0 Å². The lowest BCUT2D eigenvalue weighted by Gasteiger charge is -2.40. The van der Waals surface area contributed by atoms with Crippen molar-refractivity contribution in [3.05, 3.63) is 41.6 Å². The van der Waals surface area contributed by atoms with Gasteiger partial charge in [0.05, 0.1) is 23.9 Å². The molecule has 0 bridgehead atoms. The van der Waals surface area contributed by atoms with Gasteiger partial charge in [-0.15, -0.1) is 0 Å². The molecule has 2 heterocycles. The number of carbonyl (C=O) groups excluding carboxylic acids is 1. The van der Waals surface area contributed by atoms with Gasteiger partial charge in [-0.3, -0.25) is 4.90 Å². The Morgan fingerprint density at radius 3 is 2.73 bits per heavy atom. The summed E-state index contributed by atoms with van der Waals surface area (Å²) >= 11 is 1.37. The molecule has 0 saturated carbocycles. The van der Waals surface area contributed by atoms with Crippen LogP contribution in [0.3, 0.4) is 0 Å². The number of hydrogen-bond donors (Lipinski definition) is 1. The first-order chi connectivity index (χ1) is 14.3. The number of fused-ring (bicyclic) bond motifs is 1. The second kappa shape index (κ2) is 9.11. The molecule has 1 N–H and O–H groups in total. The number of rotatable bonds is 5. The average Bonchev–Trinajstić information content (AvgIpc) is 2.72. The molecular formula is C20H23F3N4O2S. The minimum atomic E-state index is -4.49. The maximum absolute atomic E-state index is 13.4. The van der Waals surface area contributed by atoms with Crippen molar-refractivity contribution in [2.75, 3.05) is 23.1 Å². The number of alkyl halides is 3. The maximum Gasteiger partial charge on any atom is 0.416 e. The van der Waals surface area contributed by atoms with Crippen LogP contribution in [-0.2, 0) is 10.9 Å². The molecule has 3 rings (SSSR count). The molecule has 2 atom stereocenters. The number of ether oxygens (including phenoxy) is 1. The normalized spacial score (nSPS) is 18.7. The first-order valence-corrected chi connectivity index (χ1v) is 10.8. The molecular weight excluding hydrogens is 417 g/mol. The van der Waals surface area contributed by atoms with Crippen molar-refractivity contribution in [1.29, 1.82) is 0 Å². The topological polar surface area (TPSA) is 67.3 Å². The summed E-state index contributed by atoms with van der Waals surface area (Å²) in [5.41, 5.74) is 0.0300. The fourth-order valence-electron chi connectivity index (χ4n) is 3.55. The number of nitrogens with one attached hydrogen (secondary N) is 1. The smallest absolute Gasteiger partial charge is 0.416 e. The molecule has 0 saturated heterocycles. The molecule has 0 spiro atoms. The molecule has 2 aromatic rings. The lowest BCUT2D eigenvalue weighted by molar-refractivity contribution is -0.137. The van der Waals surface area contributed by atoms with E-state index in [0.29, 0.717) is 35.1 Å². The Labute approximate surface area is 177 Å². The molecule has 1 aromatic carbocycles. The van der Waals surface area contributed by atoms with Gasteiger partial charge in [0.25, 0.3) is 0 Å². The number of aromatic nitrogens is 2. The van der Waals surface area contributed by atoms with Crippen LogP contribution in [0.1, 0.15) is 43.9 Å². The number of benzene rings is 1. The largest absolute Gasteiger partial charge is 0.449 e. The van der Waals surface area contributed by atoms with Crippen LogP contribution >= 0.6 is 11.8 Å². The molecule has 1 aliphatic heterocycles.